The van der Waals surface area contributed by atoms with Gasteiger partial charge in [0.05, 0.1) is 18.4 Å². The molecular weight excluding hydrogens is 364 g/mol. The van der Waals surface area contributed by atoms with Crippen LogP contribution in [0.15, 0.2) is 30.5 Å². The number of hydrogen-bond acceptors (Lipinski definition) is 5. The van der Waals surface area contributed by atoms with Crippen molar-refractivity contribution in [3.05, 3.63) is 53.1 Å². The van der Waals surface area contributed by atoms with E-state index in [1.807, 2.05) is 37.9 Å². The van der Waals surface area contributed by atoms with E-state index in [1.165, 1.54) is 12.0 Å². The molecule has 6 nitrogen and oxygen atoms in total. The Kier molecular flexibility index (Phi) is 7.20. The van der Waals surface area contributed by atoms with Crippen LogP contribution < -0.4 is 4.74 Å². The Morgan fingerprint density at radius 1 is 1.31 bits per heavy atom. The summed E-state index contributed by atoms with van der Waals surface area (Å²) in [6.45, 7) is 7.63. The lowest BCUT2D eigenvalue weighted by atomic mass is 9.96. The number of aryl methyl sites for hydroxylation is 2. The first-order chi connectivity index (χ1) is 14.0. The van der Waals surface area contributed by atoms with Crippen molar-refractivity contribution in [2.24, 2.45) is 5.92 Å². The normalized spacial score (nSPS) is 17.2. The maximum atomic E-state index is 12.8. The fourth-order valence-electron chi connectivity index (χ4n) is 4.16. The van der Waals surface area contributed by atoms with Gasteiger partial charge in [-0.2, -0.15) is 0 Å². The number of carbonyl (C=O) groups is 1. The molecule has 0 saturated carbocycles. The molecule has 0 unspecified atom stereocenters. The van der Waals surface area contributed by atoms with Gasteiger partial charge in [-0.15, -0.1) is 0 Å². The minimum atomic E-state index is 0.00800. The number of methoxy groups -OCH3 is 1. The third-order valence-corrected chi connectivity index (χ3v) is 5.70. The third-order valence-electron chi connectivity index (χ3n) is 5.70. The van der Waals surface area contributed by atoms with E-state index in [0.29, 0.717) is 17.3 Å². The highest BCUT2D eigenvalue weighted by molar-refractivity contribution is 5.94. The molecule has 1 fully saturated rings. The molecule has 1 atom stereocenters. The van der Waals surface area contributed by atoms with E-state index in [1.54, 1.807) is 13.3 Å². The van der Waals surface area contributed by atoms with Crippen LogP contribution >= 0.6 is 0 Å². The van der Waals surface area contributed by atoms with Gasteiger partial charge >= 0.3 is 0 Å². The largest absolute Gasteiger partial charge is 0.496 e. The van der Waals surface area contributed by atoms with Crippen LogP contribution in [0.3, 0.4) is 0 Å². The van der Waals surface area contributed by atoms with Gasteiger partial charge in [-0.3, -0.25) is 4.79 Å². The number of carbonyl (C=O) groups excluding carboxylic acids is 1. The zero-order valence-corrected chi connectivity index (χ0v) is 18.0. The van der Waals surface area contributed by atoms with Gasteiger partial charge in [-0.05, 0) is 57.2 Å². The fourth-order valence-corrected chi connectivity index (χ4v) is 4.16. The summed E-state index contributed by atoms with van der Waals surface area (Å²) in [4.78, 5) is 25.7. The Morgan fingerprint density at radius 2 is 2.10 bits per heavy atom. The molecule has 29 heavy (non-hydrogen) atoms. The van der Waals surface area contributed by atoms with Crippen molar-refractivity contribution in [1.82, 2.24) is 19.8 Å². The molecule has 1 saturated heterocycles. The van der Waals surface area contributed by atoms with Crippen LogP contribution in [0.2, 0.25) is 0 Å². The first kappa shape index (κ1) is 21.2. The number of hydrogen-bond donors (Lipinski definition) is 0. The molecule has 0 radical (unpaired) electrons. The molecule has 1 aliphatic rings. The van der Waals surface area contributed by atoms with Crippen molar-refractivity contribution in [3.8, 4) is 5.75 Å². The van der Waals surface area contributed by atoms with Gasteiger partial charge in [-0.25, -0.2) is 9.97 Å². The molecule has 6 heteroatoms. The van der Waals surface area contributed by atoms with E-state index in [0.717, 1.165) is 50.5 Å². The molecule has 0 spiro atoms. The van der Waals surface area contributed by atoms with Crippen LogP contribution in [0.4, 0.5) is 0 Å². The van der Waals surface area contributed by atoms with Gasteiger partial charge in [0.2, 0.25) is 0 Å². The fraction of sp³-hybridized carbons (Fsp3) is 0.522. The Morgan fingerprint density at radius 3 is 2.86 bits per heavy atom. The number of aromatic nitrogens is 2. The van der Waals surface area contributed by atoms with Gasteiger partial charge in [0.1, 0.15) is 11.6 Å². The lowest BCUT2D eigenvalue weighted by Crippen LogP contribution is -2.42. The quantitative estimate of drug-likeness (QED) is 0.720. The predicted octanol–water partition coefficient (Wildman–Crippen LogP) is 3.13. The van der Waals surface area contributed by atoms with Gasteiger partial charge in [0, 0.05) is 32.9 Å². The van der Waals surface area contributed by atoms with E-state index < -0.39 is 0 Å². The molecule has 2 aromatic rings. The molecule has 156 valence electrons. The maximum Gasteiger partial charge on any atom is 0.257 e. The lowest BCUT2D eigenvalue weighted by molar-refractivity contribution is 0.0728. The van der Waals surface area contributed by atoms with Crippen LogP contribution in [0, 0.1) is 19.8 Å². The summed E-state index contributed by atoms with van der Waals surface area (Å²) < 4.78 is 5.47. The number of nitrogens with zero attached hydrogens (tertiary/aromatic N) is 4. The van der Waals surface area contributed by atoms with Crippen molar-refractivity contribution in [3.63, 3.8) is 0 Å². The molecule has 1 amide bonds. The highest BCUT2D eigenvalue weighted by Crippen LogP contribution is 2.21. The van der Waals surface area contributed by atoms with Gasteiger partial charge in [0.15, 0.2) is 0 Å². The Hall–Kier alpha value is -2.47. The Bertz CT molecular complexity index is 839. The van der Waals surface area contributed by atoms with Gasteiger partial charge < -0.3 is 14.5 Å². The topological polar surface area (TPSA) is 58.6 Å². The molecule has 1 aliphatic heterocycles. The number of likely N-dealkylation sites (tertiary alicyclic amines) is 1. The Balaban J connectivity index is 1.54. The monoisotopic (exact) mass is 396 g/mol. The van der Waals surface area contributed by atoms with Crippen LogP contribution in [0.1, 0.15) is 40.3 Å². The second kappa shape index (κ2) is 9.83. The number of piperidine rings is 1. The van der Waals surface area contributed by atoms with E-state index in [9.17, 15) is 4.79 Å². The number of ether oxygens (including phenoxy) is 1. The van der Waals surface area contributed by atoms with E-state index in [-0.39, 0.29) is 5.91 Å². The van der Waals surface area contributed by atoms with Crippen LogP contribution in [-0.4, -0.2) is 66.0 Å². The highest BCUT2D eigenvalue weighted by Gasteiger charge is 2.24. The van der Waals surface area contributed by atoms with Crippen molar-refractivity contribution in [2.75, 3.05) is 40.3 Å². The summed E-state index contributed by atoms with van der Waals surface area (Å²) in [5.74, 6) is 2.15. The van der Waals surface area contributed by atoms with Gasteiger partial charge in [0.25, 0.3) is 5.91 Å². The minimum Gasteiger partial charge on any atom is -0.496 e. The zero-order valence-electron chi connectivity index (χ0n) is 18.0. The number of amides is 1. The molecule has 1 aromatic carbocycles. The van der Waals surface area contributed by atoms with Crippen molar-refractivity contribution < 1.29 is 9.53 Å². The van der Waals surface area contributed by atoms with Crippen molar-refractivity contribution >= 4 is 5.91 Å². The summed E-state index contributed by atoms with van der Waals surface area (Å²) in [5, 5.41) is 0. The highest BCUT2D eigenvalue weighted by atomic mass is 16.5. The second-order valence-corrected chi connectivity index (χ2v) is 7.97. The standard InChI is InChI=1S/C23H32N4O2/c1-17-21(14-24-18(2)25-17)23(28)26(3)15-19-8-7-12-27(16-19)13-11-20-9-5-6-10-22(20)29-4/h5-6,9-10,14,19H,7-8,11-13,15-16H2,1-4H3/t19-/m1/s1. The van der Waals surface area contributed by atoms with E-state index in [2.05, 4.69) is 27.0 Å². The van der Waals surface area contributed by atoms with Crippen LogP contribution in [0.25, 0.3) is 0 Å². The van der Waals surface area contributed by atoms with E-state index in [4.69, 9.17) is 4.74 Å². The summed E-state index contributed by atoms with van der Waals surface area (Å²) in [6.07, 6.45) is 4.96. The van der Waals surface area contributed by atoms with Crippen molar-refractivity contribution in [1.29, 1.82) is 0 Å². The summed E-state index contributed by atoms with van der Waals surface area (Å²) in [7, 11) is 3.61. The molecule has 2 heterocycles. The van der Waals surface area contributed by atoms with Crippen LogP contribution in [-0.2, 0) is 6.42 Å². The molecular formula is C23H32N4O2. The molecule has 1 aromatic heterocycles. The molecule has 0 N–H and O–H groups in total. The van der Waals surface area contributed by atoms with Crippen LogP contribution in [0.5, 0.6) is 5.75 Å². The van der Waals surface area contributed by atoms with Gasteiger partial charge in [-0.1, -0.05) is 18.2 Å². The smallest absolute Gasteiger partial charge is 0.257 e. The summed E-state index contributed by atoms with van der Waals surface area (Å²) >= 11 is 0. The first-order valence-corrected chi connectivity index (χ1v) is 10.4. The number of rotatable bonds is 7. The minimum absolute atomic E-state index is 0.00800. The third kappa shape index (κ3) is 5.54. The van der Waals surface area contributed by atoms with E-state index >= 15 is 0 Å². The zero-order chi connectivity index (χ0) is 20.8. The Labute approximate surface area is 173 Å². The number of para-hydroxylation sites is 1. The SMILES string of the molecule is COc1ccccc1CCN1CCC[C@H](CN(C)C(=O)c2cnc(C)nc2C)C1. The van der Waals surface area contributed by atoms with Crippen molar-refractivity contribution in [2.45, 2.75) is 33.1 Å². The average molecular weight is 397 g/mol. The lowest BCUT2D eigenvalue weighted by Gasteiger charge is -2.35. The molecule has 3 rings (SSSR count). The maximum absolute atomic E-state index is 12.8. The molecule has 0 bridgehead atoms. The second-order valence-electron chi connectivity index (χ2n) is 7.97. The summed E-state index contributed by atoms with van der Waals surface area (Å²) in [6, 6.07) is 8.23. The summed E-state index contributed by atoms with van der Waals surface area (Å²) in [5.41, 5.74) is 2.60. The predicted molar refractivity (Wildman–Crippen MR) is 114 cm³/mol. The first-order valence-electron chi connectivity index (χ1n) is 10.4. The number of benzene rings is 1. The average Bonchev–Trinajstić information content (AvgIpc) is 2.72. The molecule has 0 aliphatic carbocycles.